The molecule has 0 spiro atoms. The summed E-state index contributed by atoms with van der Waals surface area (Å²) < 4.78 is 11.9. The van der Waals surface area contributed by atoms with Crippen molar-refractivity contribution in [2.45, 2.75) is 13.8 Å². The highest BCUT2D eigenvalue weighted by molar-refractivity contribution is 6.03. The van der Waals surface area contributed by atoms with Crippen molar-refractivity contribution >= 4 is 16.9 Å². The number of benzene rings is 1. The number of hydrogen-bond donors (Lipinski definition) is 0. The van der Waals surface area contributed by atoms with Gasteiger partial charge in [-0.1, -0.05) is 0 Å². The van der Waals surface area contributed by atoms with Crippen LogP contribution in [0.4, 0.5) is 0 Å². The molecule has 0 radical (unpaired) electrons. The second-order valence-corrected chi connectivity index (χ2v) is 4.29. The van der Waals surface area contributed by atoms with Crippen LogP contribution in [0.2, 0.25) is 0 Å². The quantitative estimate of drug-likeness (QED) is 0.802. The van der Waals surface area contributed by atoms with E-state index in [9.17, 15) is 9.59 Å². The van der Waals surface area contributed by atoms with Gasteiger partial charge in [0, 0.05) is 18.5 Å². The summed E-state index contributed by atoms with van der Waals surface area (Å²) in [5.41, 5.74) is 0.695. The molecule has 0 saturated heterocycles. The van der Waals surface area contributed by atoms with Gasteiger partial charge in [-0.05, 0) is 32.0 Å². The van der Waals surface area contributed by atoms with Gasteiger partial charge in [-0.25, -0.2) is 4.79 Å². The van der Waals surface area contributed by atoms with Gasteiger partial charge >= 0.3 is 5.97 Å². The maximum absolute atomic E-state index is 12.0. The van der Waals surface area contributed by atoms with E-state index >= 15 is 0 Å². The molecular weight excluding hydrogens is 258 g/mol. The van der Waals surface area contributed by atoms with Gasteiger partial charge in [0.25, 0.3) is 5.56 Å². The number of hydrogen-bond acceptors (Lipinski definition) is 4. The topological polar surface area (TPSA) is 57.5 Å². The summed E-state index contributed by atoms with van der Waals surface area (Å²) in [4.78, 5) is 23.9. The van der Waals surface area contributed by atoms with E-state index in [0.29, 0.717) is 23.3 Å². The third kappa shape index (κ3) is 2.52. The second kappa shape index (κ2) is 5.77. The third-order valence-corrected chi connectivity index (χ3v) is 3.02. The molecule has 0 aliphatic carbocycles. The summed E-state index contributed by atoms with van der Waals surface area (Å²) in [7, 11) is 1.67. The summed E-state index contributed by atoms with van der Waals surface area (Å²) in [6.45, 7) is 4.41. The predicted molar refractivity (Wildman–Crippen MR) is 76.3 cm³/mol. The summed E-state index contributed by atoms with van der Waals surface area (Å²) in [5, 5.41) is 0.650. The molecule has 2 rings (SSSR count). The highest BCUT2D eigenvalue weighted by Crippen LogP contribution is 2.23. The molecular formula is C15H17NO4. The number of aromatic nitrogens is 1. The number of aryl methyl sites for hydroxylation is 1. The molecule has 1 heterocycles. The number of rotatable bonds is 4. The molecule has 20 heavy (non-hydrogen) atoms. The lowest BCUT2D eigenvalue weighted by Crippen LogP contribution is -2.19. The molecule has 1 aromatic heterocycles. The minimum Gasteiger partial charge on any atom is -0.494 e. The zero-order valence-corrected chi connectivity index (χ0v) is 11.8. The van der Waals surface area contributed by atoms with Crippen molar-refractivity contribution in [1.29, 1.82) is 0 Å². The van der Waals surface area contributed by atoms with Crippen LogP contribution in [0.25, 0.3) is 10.9 Å². The second-order valence-electron chi connectivity index (χ2n) is 4.29. The largest absolute Gasteiger partial charge is 0.494 e. The Morgan fingerprint density at radius 2 is 1.95 bits per heavy atom. The van der Waals surface area contributed by atoms with Crippen LogP contribution in [0.3, 0.4) is 0 Å². The average Bonchev–Trinajstić information content (AvgIpc) is 2.43. The average molecular weight is 275 g/mol. The van der Waals surface area contributed by atoms with Gasteiger partial charge < -0.3 is 14.0 Å². The Labute approximate surface area is 116 Å². The normalized spacial score (nSPS) is 10.6. The van der Waals surface area contributed by atoms with Crippen LogP contribution in [0.15, 0.2) is 29.1 Å². The Morgan fingerprint density at radius 3 is 2.60 bits per heavy atom. The molecule has 2 aromatic rings. The Balaban J connectivity index is 2.71. The Morgan fingerprint density at radius 1 is 1.20 bits per heavy atom. The number of nitrogens with zero attached hydrogens (tertiary/aromatic N) is 1. The van der Waals surface area contributed by atoms with E-state index in [2.05, 4.69) is 0 Å². The van der Waals surface area contributed by atoms with Crippen molar-refractivity contribution in [2.75, 3.05) is 13.2 Å². The van der Waals surface area contributed by atoms with E-state index in [1.54, 1.807) is 32.2 Å². The van der Waals surface area contributed by atoms with Crippen molar-refractivity contribution in [1.82, 2.24) is 4.57 Å². The highest BCUT2D eigenvalue weighted by atomic mass is 16.5. The van der Waals surface area contributed by atoms with Crippen LogP contribution in [0.5, 0.6) is 5.75 Å². The number of pyridine rings is 1. The molecule has 106 valence electrons. The monoisotopic (exact) mass is 275 g/mol. The van der Waals surface area contributed by atoms with Gasteiger partial charge in [-0.15, -0.1) is 0 Å². The molecule has 0 aliphatic heterocycles. The van der Waals surface area contributed by atoms with Crippen molar-refractivity contribution in [3.63, 3.8) is 0 Å². The zero-order valence-electron chi connectivity index (χ0n) is 11.8. The predicted octanol–water partition coefficient (Wildman–Crippen LogP) is 2.11. The van der Waals surface area contributed by atoms with Crippen LogP contribution in [0, 0.1) is 0 Å². The van der Waals surface area contributed by atoms with E-state index in [0.717, 1.165) is 0 Å². The summed E-state index contributed by atoms with van der Waals surface area (Å²) in [5.74, 6) is 0.160. The van der Waals surface area contributed by atoms with E-state index < -0.39 is 5.97 Å². The molecule has 5 nitrogen and oxygen atoms in total. The van der Waals surface area contributed by atoms with E-state index in [1.807, 2.05) is 6.92 Å². The molecule has 0 atom stereocenters. The first-order valence-corrected chi connectivity index (χ1v) is 6.52. The molecule has 0 aliphatic rings. The van der Waals surface area contributed by atoms with E-state index in [4.69, 9.17) is 9.47 Å². The maximum Gasteiger partial charge on any atom is 0.339 e. The molecule has 1 aromatic carbocycles. The molecule has 5 heteroatoms. The third-order valence-electron chi connectivity index (χ3n) is 3.02. The minimum atomic E-state index is -0.496. The smallest absolute Gasteiger partial charge is 0.339 e. The van der Waals surface area contributed by atoms with E-state index in [-0.39, 0.29) is 17.7 Å². The summed E-state index contributed by atoms with van der Waals surface area (Å²) >= 11 is 0. The van der Waals surface area contributed by atoms with Gasteiger partial charge in [0.05, 0.1) is 24.3 Å². The fourth-order valence-electron chi connectivity index (χ4n) is 2.07. The SMILES string of the molecule is CCOC(=O)c1cc(=O)n(C)c2ccc(OCC)cc12. The van der Waals surface area contributed by atoms with Crippen molar-refractivity contribution in [3.8, 4) is 5.75 Å². The van der Waals surface area contributed by atoms with Crippen molar-refractivity contribution < 1.29 is 14.3 Å². The lowest BCUT2D eigenvalue weighted by molar-refractivity contribution is 0.0528. The lowest BCUT2D eigenvalue weighted by atomic mass is 10.1. The van der Waals surface area contributed by atoms with E-state index in [1.165, 1.54) is 10.6 Å². The van der Waals surface area contributed by atoms with Crippen LogP contribution in [0.1, 0.15) is 24.2 Å². The number of carbonyl (C=O) groups is 1. The van der Waals surface area contributed by atoms with Crippen LogP contribution in [-0.4, -0.2) is 23.8 Å². The molecule has 0 bridgehead atoms. The van der Waals surface area contributed by atoms with Gasteiger partial charge in [0.2, 0.25) is 0 Å². The highest BCUT2D eigenvalue weighted by Gasteiger charge is 2.15. The molecule has 0 amide bonds. The van der Waals surface area contributed by atoms with Gasteiger partial charge in [0.15, 0.2) is 0 Å². The zero-order chi connectivity index (χ0) is 14.7. The molecule has 0 fully saturated rings. The van der Waals surface area contributed by atoms with Gasteiger partial charge in [-0.2, -0.15) is 0 Å². The first-order chi connectivity index (χ1) is 9.58. The molecule has 0 N–H and O–H groups in total. The van der Waals surface area contributed by atoms with Crippen LogP contribution in [-0.2, 0) is 11.8 Å². The van der Waals surface area contributed by atoms with Gasteiger partial charge in [0.1, 0.15) is 5.75 Å². The lowest BCUT2D eigenvalue weighted by Gasteiger charge is -2.11. The minimum absolute atomic E-state index is 0.246. The van der Waals surface area contributed by atoms with Crippen molar-refractivity contribution in [3.05, 3.63) is 40.2 Å². The maximum atomic E-state index is 12.0. The number of fused-ring (bicyclic) bond motifs is 1. The van der Waals surface area contributed by atoms with Gasteiger partial charge in [-0.3, -0.25) is 4.79 Å². The summed E-state index contributed by atoms with van der Waals surface area (Å²) in [6.07, 6.45) is 0. The number of carbonyl (C=O) groups excluding carboxylic acids is 1. The Hall–Kier alpha value is -2.30. The first kappa shape index (κ1) is 14.1. The Kier molecular flexibility index (Phi) is 4.08. The standard InChI is InChI=1S/C15H17NO4/c1-4-19-10-6-7-13-11(8-10)12(15(18)20-5-2)9-14(17)16(13)3/h6-9H,4-5H2,1-3H3. The fourth-order valence-corrected chi connectivity index (χ4v) is 2.07. The first-order valence-electron chi connectivity index (χ1n) is 6.52. The van der Waals surface area contributed by atoms with Crippen molar-refractivity contribution in [2.24, 2.45) is 7.05 Å². The van der Waals surface area contributed by atoms with Crippen LogP contribution >= 0.6 is 0 Å². The fraction of sp³-hybridized carbons (Fsp3) is 0.333. The van der Waals surface area contributed by atoms with Crippen LogP contribution < -0.4 is 10.3 Å². The molecule has 0 saturated carbocycles. The number of esters is 1. The summed E-state index contributed by atoms with van der Waals surface area (Å²) in [6, 6.07) is 6.60. The number of ether oxygens (including phenoxy) is 2. The molecule has 0 unspecified atom stereocenters. The Bertz CT molecular complexity index is 703.